The molecule has 1 aromatic rings. The summed E-state index contributed by atoms with van der Waals surface area (Å²) in [7, 11) is 0. The summed E-state index contributed by atoms with van der Waals surface area (Å²) in [5.74, 6) is 2.95. The van der Waals surface area contributed by atoms with Crippen molar-refractivity contribution in [1.29, 1.82) is 0 Å². The summed E-state index contributed by atoms with van der Waals surface area (Å²) >= 11 is 0. The lowest BCUT2D eigenvalue weighted by Crippen LogP contribution is -2.32. The summed E-state index contributed by atoms with van der Waals surface area (Å²) in [4.78, 5) is 0. The van der Waals surface area contributed by atoms with Crippen molar-refractivity contribution in [3.8, 4) is 0 Å². The van der Waals surface area contributed by atoms with Gasteiger partial charge in [-0.1, -0.05) is 13.3 Å². The second-order valence-corrected chi connectivity index (χ2v) is 4.99. The van der Waals surface area contributed by atoms with Crippen LogP contribution in [-0.2, 0) is 0 Å². The molecule has 0 saturated heterocycles. The van der Waals surface area contributed by atoms with Crippen molar-refractivity contribution in [2.45, 2.75) is 52.5 Å². The first-order valence-corrected chi connectivity index (χ1v) is 6.52. The first kappa shape index (κ1) is 11.7. The highest BCUT2D eigenvalue weighted by Gasteiger charge is 2.30. The summed E-state index contributed by atoms with van der Waals surface area (Å²) in [5.41, 5.74) is 1.38. The summed E-state index contributed by atoms with van der Waals surface area (Å²) < 4.78 is 5.65. The van der Waals surface area contributed by atoms with E-state index in [-0.39, 0.29) is 0 Å². The third-order valence-corrected chi connectivity index (χ3v) is 3.65. The van der Waals surface area contributed by atoms with E-state index in [4.69, 9.17) is 4.42 Å². The van der Waals surface area contributed by atoms with E-state index < -0.39 is 0 Å². The Morgan fingerprint density at radius 2 is 2.19 bits per heavy atom. The van der Waals surface area contributed by atoms with Crippen LogP contribution < -0.4 is 5.32 Å². The van der Waals surface area contributed by atoms with Gasteiger partial charge in [0.1, 0.15) is 11.5 Å². The van der Waals surface area contributed by atoms with Crippen molar-refractivity contribution in [3.05, 3.63) is 23.2 Å². The molecule has 2 nitrogen and oxygen atoms in total. The lowest BCUT2D eigenvalue weighted by atomic mass is 9.77. The minimum Gasteiger partial charge on any atom is -0.466 e. The molecule has 1 aliphatic rings. The lowest BCUT2D eigenvalue weighted by molar-refractivity contribution is 0.229. The summed E-state index contributed by atoms with van der Waals surface area (Å²) in [6.07, 6.45) is 5.32. The molecule has 90 valence electrons. The molecule has 1 N–H and O–H groups in total. The average molecular weight is 221 g/mol. The Bertz CT molecular complexity index is 339. The molecule has 1 heterocycles. The van der Waals surface area contributed by atoms with Crippen LogP contribution in [-0.4, -0.2) is 6.54 Å². The van der Waals surface area contributed by atoms with Crippen LogP contribution >= 0.6 is 0 Å². The van der Waals surface area contributed by atoms with Crippen molar-refractivity contribution in [2.24, 2.45) is 5.92 Å². The molecule has 1 unspecified atom stereocenters. The van der Waals surface area contributed by atoms with Crippen LogP contribution in [0.3, 0.4) is 0 Å². The second-order valence-electron chi connectivity index (χ2n) is 4.99. The molecule has 2 rings (SSSR count). The first-order valence-electron chi connectivity index (χ1n) is 6.52. The van der Waals surface area contributed by atoms with Crippen LogP contribution in [0.15, 0.2) is 10.5 Å². The van der Waals surface area contributed by atoms with Crippen LogP contribution in [0.4, 0.5) is 0 Å². The third-order valence-electron chi connectivity index (χ3n) is 3.65. The molecule has 16 heavy (non-hydrogen) atoms. The number of hydrogen-bond donors (Lipinski definition) is 1. The molecule has 0 radical (unpaired) electrons. The maximum atomic E-state index is 5.65. The maximum Gasteiger partial charge on any atom is 0.105 e. The van der Waals surface area contributed by atoms with Gasteiger partial charge >= 0.3 is 0 Å². The highest BCUT2D eigenvalue weighted by Crippen LogP contribution is 2.39. The zero-order chi connectivity index (χ0) is 11.5. The summed E-state index contributed by atoms with van der Waals surface area (Å²) in [5, 5.41) is 3.68. The Hall–Kier alpha value is -0.760. The van der Waals surface area contributed by atoms with Crippen LogP contribution in [0.5, 0.6) is 0 Å². The largest absolute Gasteiger partial charge is 0.466 e. The highest BCUT2D eigenvalue weighted by molar-refractivity contribution is 5.25. The van der Waals surface area contributed by atoms with Crippen molar-refractivity contribution in [3.63, 3.8) is 0 Å². The number of rotatable bonds is 5. The van der Waals surface area contributed by atoms with E-state index in [0.29, 0.717) is 6.04 Å². The molecule has 1 atom stereocenters. The van der Waals surface area contributed by atoms with Gasteiger partial charge in [0.15, 0.2) is 0 Å². The van der Waals surface area contributed by atoms with E-state index in [9.17, 15) is 0 Å². The normalized spacial score (nSPS) is 18.4. The van der Waals surface area contributed by atoms with Gasteiger partial charge in [-0.15, -0.1) is 0 Å². The molecule has 0 aromatic carbocycles. The van der Waals surface area contributed by atoms with E-state index in [0.717, 1.165) is 24.0 Å². The van der Waals surface area contributed by atoms with E-state index in [1.165, 1.54) is 31.2 Å². The van der Waals surface area contributed by atoms with E-state index in [1.54, 1.807) is 0 Å². The number of aryl methyl sites for hydroxylation is 2. The standard InChI is InChI=1S/C14H23NO/c1-4-8-15-14(12-6-5-7-12)13-9-10(2)16-11(13)3/h9,12,14-15H,4-8H2,1-3H3. The fourth-order valence-corrected chi connectivity index (χ4v) is 2.56. The van der Waals surface area contributed by atoms with Crippen molar-refractivity contribution in [2.75, 3.05) is 6.54 Å². The van der Waals surface area contributed by atoms with Crippen molar-refractivity contribution in [1.82, 2.24) is 5.32 Å². The number of hydrogen-bond acceptors (Lipinski definition) is 2. The van der Waals surface area contributed by atoms with Gasteiger partial charge in [-0.2, -0.15) is 0 Å². The minimum absolute atomic E-state index is 0.520. The maximum absolute atomic E-state index is 5.65. The zero-order valence-corrected chi connectivity index (χ0v) is 10.7. The van der Waals surface area contributed by atoms with Gasteiger partial charge in [0.05, 0.1) is 0 Å². The fraction of sp³-hybridized carbons (Fsp3) is 0.714. The van der Waals surface area contributed by atoms with Gasteiger partial charge in [0, 0.05) is 11.6 Å². The number of furan rings is 1. The molecule has 1 aliphatic carbocycles. The second kappa shape index (κ2) is 5.05. The van der Waals surface area contributed by atoms with Crippen LogP contribution in [0, 0.1) is 19.8 Å². The topological polar surface area (TPSA) is 25.2 Å². The molecule has 0 amide bonds. The predicted octanol–water partition coefficient (Wildman–Crippen LogP) is 3.74. The zero-order valence-electron chi connectivity index (χ0n) is 10.7. The molecular formula is C14H23NO. The molecule has 2 heteroatoms. The molecule has 0 bridgehead atoms. The Kier molecular flexibility index (Phi) is 3.70. The van der Waals surface area contributed by atoms with Gasteiger partial charge in [0.25, 0.3) is 0 Å². The molecule has 1 aromatic heterocycles. The Balaban J connectivity index is 2.13. The average Bonchev–Trinajstić information content (AvgIpc) is 2.49. The Labute approximate surface area is 98.4 Å². The molecular weight excluding hydrogens is 198 g/mol. The van der Waals surface area contributed by atoms with E-state index >= 15 is 0 Å². The van der Waals surface area contributed by atoms with Crippen molar-refractivity contribution < 1.29 is 4.42 Å². The Morgan fingerprint density at radius 1 is 1.44 bits per heavy atom. The summed E-state index contributed by atoms with van der Waals surface area (Å²) in [6.45, 7) is 7.44. The van der Waals surface area contributed by atoms with Gasteiger partial charge in [0.2, 0.25) is 0 Å². The molecule has 1 saturated carbocycles. The molecule has 1 fully saturated rings. The minimum atomic E-state index is 0.520. The van der Waals surface area contributed by atoms with Crippen molar-refractivity contribution >= 4 is 0 Å². The van der Waals surface area contributed by atoms with E-state index in [2.05, 4.69) is 25.2 Å². The summed E-state index contributed by atoms with van der Waals surface area (Å²) in [6, 6.07) is 2.73. The fourth-order valence-electron chi connectivity index (χ4n) is 2.56. The van der Waals surface area contributed by atoms with Gasteiger partial charge in [-0.3, -0.25) is 0 Å². The van der Waals surface area contributed by atoms with Crippen LogP contribution in [0.2, 0.25) is 0 Å². The lowest BCUT2D eigenvalue weighted by Gasteiger charge is -2.34. The molecule has 0 spiro atoms. The van der Waals surface area contributed by atoms with Gasteiger partial charge in [-0.25, -0.2) is 0 Å². The van der Waals surface area contributed by atoms with Gasteiger partial charge < -0.3 is 9.73 Å². The van der Waals surface area contributed by atoms with E-state index in [1.807, 2.05) is 6.92 Å². The monoisotopic (exact) mass is 221 g/mol. The van der Waals surface area contributed by atoms with Crippen LogP contribution in [0.1, 0.15) is 55.7 Å². The highest BCUT2D eigenvalue weighted by atomic mass is 16.3. The quantitative estimate of drug-likeness (QED) is 0.819. The Morgan fingerprint density at radius 3 is 2.62 bits per heavy atom. The third kappa shape index (κ3) is 2.32. The smallest absolute Gasteiger partial charge is 0.105 e. The number of nitrogens with one attached hydrogen (secondary N) is 1. The first-order chi connectivity index (χ1) is 7.72. The van der Waals surface area contributed by atoms with Gasteiger partial charge in [-0.05, 0) is 51.6 Å². The predicted molar refractivity (Wildman–Crippen MR) is 66.6 cm³/mol. The molecule has 0 aliphatic heterocycles. The SMILES string of the molecule is CCCNC(c1cc(C)oc1C)C1CCC1. The van der Waals surface area contributed by atoms with Crippen LogP contribution in [0.25, 0.3) is 0 Å².